The number of carbonyl (C=O) groups is 1. The quantitative estimate of drug-likeness (QED) is 0.581. The third-order valence-electron chi connectivity index (χ3n) is 3.99. The minimum Gasteiger partial charge on any atom is -0.462 e. The number of nitrogens with one attached hydrogen (secondary N) is 1. The van der Waals surface area contributed by atoms with E-state index in [2.05, 4.69) is 39.2 Å². The summed E-state index contributed by atoms with van der Waals surface area (Å²) in [7, 11) is 0. The molecular weight excluding hydrogens is 302 g/mol. The van der Waals surface area contributed by atoms with Crippen molar-refractivity contribution in [2.24, 2.45) is 0 Å². The summed E-state index contributed by atoms with van der Waals surface area (Å²) in [4.78, 5) is 23.9. The summed E-state index contributed by atoms with van der Waals surface area (Å²) in [6, 6.07) is 14.3. The van der Waals surface area contributed by atoms with Crippen molar-refractivity contribution in [2.75, 3.05) is 6.61 Å². The maximum absolute atomic E-state index is 12.2. The van der Waals surface area contributed by atoms with Gasteiger partial charge in [-0.25, -0.2) is 14.8 Å². The van der Waals surface area contributed by atoms with Crippen LogP contribution in [-0.2, 0) is 4.74 Å². The fourth-order valence-corrected chi connectivity index (χ4v) is 2.89. The molecule has 0 aliphatic rings. The minimum absolute atomic E-state index is 0.324. The van der Waals surface area contributed by atoms with Crippen LogP contribution >= 0.6 is 0 Å². The normalized spacial score (nSPS) is 11.0. The summed E-state index contributed by atoms with van der Waals surface area (Å²) in [5.74, 6) is -0.374. The molecule has 2 aromatic heterocycles. The number of H-pyrrole nitrogens is 1. The lowest BCUT2D eigenvalue weighted by Crippen LogP contribution is -2.04. The van der Waals surface area contributed by atoms with Gasteiger partial charge in [-0.15, -0.1) is 0 Å². The zero-order chi connectivity index (χ0) is 16.5. The molecule has 0 aliphatic carbocycles. The lowest BCUT2D eigenvalue weighted by molar-refractivity contribution is 0.0528. The summed E-state index contributed by atoms with van der Waals surface area (Å²) >= 11 is 0. The van der Waals surface area contributed by atoms with Crippen LogP contribution in [0.15, 0.2) is 55.0 Å². The highest BCUT2D eigenvalue weighted by Gasteiger charge is 2.18. The predicted octanol–water partition coefficient (Wildman–Crippen LogP) is 3.95. The molecule has 2 heterocycles. The number of nitrogens with zero attached hydrogens (tertiary/aromatic N) is 2. The van der Waals surface area contributed by atoms with Gasteiger partial charge in [0.2, 0.25) is 0 Å². The molecule has 118 valence electrons. The Hall–Kier alpha value is -3.21. The average Bonchev–Trinajstić information content (AvgIpc) is 3.06. The van der Waals surface area contributed by atoms with Gasteiger partial charge >= 0.3 is 5.97 Å². The molecule has 0 radical (unpaired) electrons. The molecular formula is C19H15N3O2. The zero-order valence-electron chi connectivity index (χ0n) is 13.1. The first-order valence-corrected chi connectivity index (χ1v) is 7.76. The Labute approximate surface area is 138 Å². The van der Waals surface area contributed by atoms with Crippen LogP contribution in [0, 0.1) is 0 Å². The summed E-state index contributed by atoms with van der Waals surface area (Å²) in [6.07, 6.45) is 3.13. The van der Waals surface area contributed by atoms with Crippen LogP contribution in [0.2, 0.25) is 0 Å². The van der Waals surface area contributed by atoms with Gasteiger partial charge in [0.05, 0.1) is 23.3 Å². The van der Waals surface area contributed by atoms with Crippen molar-refractivity contribution < 1.29 is 9.53 Å². The maximum Gasteiger partial charge on any atom is 0.340 e. The molecule has 4 aromatic rings. The third kappa shape index (κ3) is 2.31. The van der Waals surface area contributed by atoms with Crippen molar-refractivity contribution in [1.29, 1.82) is 0 Å². The molecule has 0 saturated carbocycles. The van der Waals surface area contributed by atoms with Crippen molar-refractivity contribution in [3.63, 3.8) is 0 Å². The highest BCUT2D eigenvalue weighted by molar-refractivity contribution is 6.08. The van der Waals surface area contributed by atoms with Crippen LogP contribution in [0.1, 0.15) is 17.3 Å². The smallest absolute Gasteiger partial charge is 0.340 e. The van der Waals surface area contributed by atoms with Gasteiger partial charge in [-0.05, 0) is 23.8 Å². The van der Waals surface area contributed by atoms with E-state index in [-0.39, 0.29) is 5.97 Å². The molecule has 0 bridgehead atoms. The van der Waals surface area contributed by atoms with E-state index in [9.17, 15) is 4.79 Å². The number of benzene rings is 2. The standard InChI is InChI=1S/C19H15N3O2/c1-2-24-19(23)15-10-20-18-16(15)17(21-11-22-18)14-8-7-12-5-3-4-6-13(12)9-14/h3-11H,2H2,1H3,(H,20,21,22). The minimum atomic E-state index is -0.374. The fourth-order valence-electron chi connectivity index (χ4n) is 2.89. The average molecular weight is 317 g/mol. The van der Waals surface area contributed by atoms with Gasteiger partial charge in [0.25, 0.3) is 0 Å². The first kappa shape index (κ1) is 14.4. The molecule has 0 spiro atoms. The van der Waals surface area contributed by atoms with Crippen molar-refractivity contribution in [1.82, 2.24) is 15.0 Å². The van der Waals surface area contributed by atoms with Crippen LogP contribution in [0.5, 0.6) is 0 Å². The first-order chi connectivity index (χ1) is 11.8. The van der Waals surface area contributed by atoms with E-state index in [4.69, 9.17) is 4.74 Å². The molecule has 5 nitrogen and oxygen atoms in total. The van der Waals surface area contributed by atoms with E-state index >= 15 is 0 Å². The predicted molar refractivity (Wildman–Crippen MR) is 92.8 cm³/mol. The molecule has 1 N–H and O–H groups in total. The Kier molecular flexibility index (Phi) is 3.46. The van der Waals surface area contributed by atoms with E-state index in [0.29, 0.717) is 23.2 Å². The number of rotatable bonds is 3. The largest absolute Gasteiger partial charge is 0.462 e. The van der Waals surface area contributed by atoms with Crippen molar-refractivity contribution >= 4 is 27.8 Å². The van der Waals surface area contributed by atoms with Gasteiger partial charge in [0.1, 0.15) is 12.0 Å². The highest BCUT2D eigenvalue weighted by atomic mass is 16.5. The second-order valence-corrected chi connectivity index (χ2v) is 5.43. The fraction of sp³-hybridized carbons (Fsp3) is 0.105. The number of ether oxygens (including phenoxy) is 1. The SMILES string of the molecule is CCOC(=O)c1c[nH]c2ncnc(-c3ccc4ccccc4c3)c12. The van der Waals surface area contributed by atoms with E-state index in [1.807, 2.05) is 18.2 Å². The Morgan fingerprint density at radius 3 is 2.79 bits per heavy atom. The summed E-state index contributed by atoms with van der Waals surface area (Å²) < 4.78 is 5.14. The lowest BCUT2D eigenvalue weighted by Gasteiger charge is -2.06. The number of hydrogen-bond acceptors (Lipinski definition) is 4. The second kappa shape index (κ2) is 5.77. The number of carbonyl (C=O) groups excluding carboxylic acids is 1. The van der Waals surface area contributed by atoms with E-state index in [0.717, 1.165) is 22.0 Å². The third-order valence-corrected chi connectivity index (χ3v) is 3.99. The topological polar surface area (TPSA) is 67.9 Å². The van der Waals surface area contributed by atoms with Gasteiger partial charge in [0, 0.05) is 11.8 Å². The maximum atomic E-state index is 12.2. The molecule has 0 atom stereocenters. The van der Waals surface area contributed by atoms with Crippen LogP contribution in [0.4, 0.5) is 0 Å². The lowest BCUT2D eigenvalue weighted by atomic mass is 10.0. The molecule has 4 rings (SSSR count). The van der Waals surface area contributed by atoms with Crippen LogP contribution in [0.3, 0.4) is 0 Å². The Morgan fingerprint density at radius 2 is 1.96 bits per heavy atom. The van der Waals surface area contributed by atoms with E-state index in [1.165, 1.54) is 6.33 Å². The van der Waals surface area contributed by atoms with Gasteiger partial charge in [-0.1, -0.05) is 36.4 Å². The van der Waals surface area contributed by atoms with Gasteiger partial charge in [-0.2, -0.15) is 0 Å². The number of fused-ring (bicyclic) bond motifs is 2. The van der Waals surface area contributed by atoms with Gasteiger partial charge in [-0.3, -0.25) is 0 Å². The molecule has 24 heavy (non-hydrogen) atoms. The monoisotopic (exact) mass is 317 g/mol. The molecule has 0 aliphatic heterocycles. The molecule has 0 amide bonds. The number of aromatic amines is 1. The molecule has 5 heteroatoms. The second-order valence-electron chi connectivity index (χ2n) is 5.43. The Morgan fingerprint density at radius 1 is 1.12 bits per heavy atom. The Balaban J connectivity index is 1.94. The van der Waals surface area contributed by atoms with E-state index < -0.39 is 0 Å². The Bertz CT molecular complexity index is 1050. The van der Waals surface area contributed by atoms with Gasteiger partial charge < -0.3 is 9.72 Å². The summed E-state index contributed by atoms with van der Waals surface area (Å²) in [5, 5.41) is 2.97. The van der Waals surface area contributed by atoms with Crippen molar-refractivity contribution in [3.05, 3.63) is 60.6 Å². The number of esters is 1. The summed E-state index contributed by atoms with van der Waals surface area (Å²) in [6.45, 7) is 2.11. The van der Waals surface area contributed by atoms with Crippen LogP contribution in [-0.4, -0.2) is 27.5 Å². The summed E-state index contributed by atoms with van der Waals surface area (Å²) in [5.41, 5.74) is 2.73. The molecule has 0 fully saturated rings. The number of hydrogen-bond donors (Lipinski definition) is 1. The van der Waals surface area contributed by atoms with Crippen molar-refractivity contribution in [3.8, 4) is 11.3 Å². The molecule has 2 aromatic carbocycles. The molecule has 0 saturated heterocycles. The van der Waals surface area contributed by atoms with Crippen LogP contribution < -0.4 is 0 Å². The highest BCUT2D eigenvalue weighted by Crippen LogP contribution is 2.30. The van der Waals surface area contributed by atoms with Gasteiger partial charge in [0.15, 0.2) is 0 Å². The van der Waals surface area contributed by atoms with E-state index in [1.54, 1.807) is 13.1 Å². The van der Waals surface area contributed by atoms with Crippen LogP contribution in [0.25, 0.3) is 33.1 Å². The number of aromatic nitrogens is 3. The molecule has 0 unspecified atom stereocenters. The first-order valence-electron chi connectivity index (χ1n) is 7.76. The zero-order valence-corrected chi connectivity index (χ0v) is 13.1. The van der Waals surface area contributed by atoms with Crippen molar-refractivity contribution in [2.45, 2.75) is 6.92 Å².